The van der Waals surface area contributed by atoms with Gasteiger partial charge in [-0.15, -0.1) is 5.10 Å². The third kappa shape index (κ3) is 4.46. The Morgan fingerprint density at radius 3 is 2.89 bits per heavy atom. The lowest BCUT2D eigenvalue weighted by atomic mass is 9.97. The second-order valence-electron chi connectivity index (χ2n) is 9.96. The lowest BCUT2D eigenvalue weighted by Gasteiger charge is -2.35. The molecule has 9 nitrogen and oxygen atoms in total. The zero-order valence-electron chi connectivity index (χ0n) is 21.0. The van der Waals surface area contributed by atoms with E-state index >= 15 is 4.39 Å². The summed E-state index contributed by atoms with van der Waals surface area (Å²) in [6.07, 6.45) is 6.62. The zero-order chi connectivity index (χ0) is 25.7. The molecule has 1 aliphatic heterocycles. The topological polar surface area (TPSA) is 95.6 Å². The average molecular weight is 505 g/mol. The van der Waals surface area contributed by atoms with Gasteiger partial charge in [0.2, 0.25) is 5.91 Å². The molecule has 0 bridgehead atoms. The van der Waals surface area contributed by atoms with Crippen LogP contribution in [0, 0.1) is 24.6 Å². The molecule has 1 amide bonds. The van der Waals surface area contributed by atoms with Crippen molar-refractivity contribution in [3.63, 3.8) is 0 Å². The number of aromatic nitrogens is 5. The number of hydrogen-bond donors (Lipinski definition) is 1. The van der Waals surface area contributed by atoms with E-state index in [0.29, 0.717) is 47.5 Å². The van der Waals surface area contributed by atoms with Gasteiger partial charge in [-0.25, -0.2) is 8.91 Å². The Balaban J connectivity index is 1.19. The molecular formula is C27H29FN6O3. The Labute approximate surface area is 213 Å². The van der Waals surface area contributed by atoms with Gasteiger partial charge in [0, 0.05) is 48.3 Å². The summed E-state index contributed by atoms with van der Waals surface area (Å²) in [5.74, 6) is 0.612. The Bertz CT molecular complexity index is 1460. The second-order valence-corrected chi connectivity index (χ2v) is 9.96. The van der Waals surface area contributed by atoms with Gasteiger partial charge in [0.25, 0.3) is 0 Å². The van der Waals surface area contributed by atoms with E-state index in [-0.39, 0.29) is 23.8 Å². The van der Waals surface area contributed by atoms with Crippen LogP contribution in [0.1, 0.15) is 36.9 Å². The van der Waals surface area contributed by atoms with Crippen LogP contribution in [0.2, 0.25) is 0 Å². The van der Waals surface area contributed by atoms with Crippen molar-refractivity contribution in [2.24, 2.45) is 18.9 Å². The van der Waals surface area contributed by atoms with E-state index < -0.39 is 5.82 Å². The molecule has 1 saturated heterocycles. The van der Waals surface area contributed by atoms with Crippen LogP contribution in [0.4, 0.5) is 10.2 Å². The highest BCUT2D eigenvalue weighted by Crippen LogP contribution is 2.47. The molecule has 1 aliphatic carbocycles. The molecule has 5 heterocycles. The zero-order valence-corrected chi connectivity index (χ0v) is 21.0. The van der Waals surface area contributed by atoms with Crippen molar-refractivity contribution in [3.05, 3.63) is 59.9 Å². The molecule has 0 radical (unpaired) electrons. The molecule has 6 rings (SSSR count). The third-order valence-corrected chi connectivity index (χ3v) is 7.31. The normalized spacial score (nSPS) is 22.6. The maximum absolute atomic E-state index is 15.2. The summed E-state index contributed by atoms with van der Waals surface area (Å²) < 4.78 is 29.9. The number of halogens is 1. The molecule has 4 aromatic heterocycles. The first kappa shape index (κ1) is 23.6. The summed E-state index contributed by atoms with van der Waals surface area (Å²) in [5, 5.41) is 11.5. The molecule has 4 aromatic rings. The first-order valence-electron chi connectivity index (χ1n) is 12.6. The molecule has 0 aromatic carbocycles. The molecule has 10 heteroatoms. The maximum Gasteiger partial charge on any atom is 0.229 e. The number of carbonyl (C=O) groups excluding carboxylic acids is 1. The lowest BCUT2D eigenvalue weighted by Crippen LogP contribution is -2.42. The standard InChI is InChI=1S/C27H29FN6O3/c1-4-23-16(13-36-23)14-37-24-11-30-33(3)26(24)20-7-17-8-25(32-34(17)12-21(20)28)31-27(35)19-9-18(19)22-6-5-15(2)10-29-22/h5-8,10-12,16,18-19,23H,4,9,13-14H2,1-3H3,(H,31,32,35)/t16-,18-,19+,23-/m1/s1. The van der Waals surface area contributed by atoms with Gasteiger partial charge in [0.1, 0.15) is 5.69 Å². The quantitative estimate of drug-likeness (QED) is 0.388. The lowest BCUT2D eigenvalue weighted by molar-refractivity contribution is -0.128. The summed E-state index contributed by atoms with van der Waals surface area (Å²) in [7, 11) is 1.75. The number of aryl methyl sites for hydroxylation is 2. The fourth-order valence-corrected chi connectivity index (χ4v) is 4.99. The van der Waals surface area contributed by atoms with E-state index in [1.54, 1.807) is 30.1 Å². The fraction of sp³-hybridized carbons (Fsp3) is 0.407. The van der Waals surface area contributed by atoms with E-state index in [2.05, 4.69) is 27.4 Å². The largest absolute Gasteiger partial charge is 0.489 e. The second kappa shape index (κ2) is 9.26. The Hall–Kier alpha value is -3.79. The third-order valence-electron chi connectivity index (χ3n) is 7.31. The Morgan fingerprint density at radius 1 is 1.30 bits per heavy atom. The molecule has 0 spiro atoms. The van der Waals surface area contributed by atoms with Crippen LogP contribution >= 0.6 is 0 Å². The fourth-order valence-electron chi connectivity index (χ4n) is 4.99. The number of ether oxygens (including phenoxy) is 2. The SMILES string of the molecule is CC[C@H]1OC[C@@H]1COc1cnn(C)c1-c1cc2cc(NC(=O)[C@H]3C[C@H]3c3ccc(C)cn3)nn2cc1F. The highest BCUT2D eigenvalue weighted by Gasteiger charge is 2.45. The van der Waals surface area contributed by atoms with E-state index in [0.717, 1.165) is 24.1 Å². The minimum Gasteiger partial charge on any atom is -0.489 e. The molecular weight excluding hydrogens is 475 g/mol. The van der Waals surface area contributed by atoms with Gasteiger partial charge in [-0.3, -0.25) is 14.5 Å². The first-order chi connectivity index (χ1) is 17.9. The van der Waals surface area contributed by atoms with Gasteiger partial charge in [-0.2, -0.15) is 5.10 Å². The first-order valence-corrected chi connectivity index (χ1v) is 12.6. The number of rotatable bonds is 8. The molecule has 2 fully saturated rings. The van der Waals surface area contributed by atoms with Gasteiger partial charge in [0.15, 0.2) is 17.4 Å². The maximum atomic E-state index is 15.2. The van der Waals surface area contributed by atoms with Crippen LogP contribution in [0.5, 0.6) is 5.75 Å². The van der Waals surface area contributed by atoms with E-state index in [1.165, 1.54) is 10.7 Å². The Kier molecular flexibility index (Phi) is 5.91. The van der Waals surface area contributed by atoms with Crippen LogP contribution in [0.15, 0.2) is 42.9 Å². The summed E-state index contributed by atoms with van der Waals surface area (Å²) in [4.78, 5) is 17.3. The molecule has 1 N–H and O–H groups in total. The number of anilines is 1. The number of carbonyl (C=O) groups is 1. The molecule has 1 saturated carbocycles. The van der Waals surface area contributed by atoms with Crippen LogP contribution in [-0.4, -0.2) is 49.6 Å². The minimum atomic E-state index is -0.465. The summed E-state index contributed by atoms with van der Waals surface area (Å²) in [6, 6.07) is 7.41. The van der Waals surface area contributed by atoms with E-state index in [1.807, 2.05) is 25.3 Å². The smallest absolute Gasteiger partial charge is 0.229 e. The van der Waals surface area contributed by atoms with Gasteiger partial charge < -0.3 is 14.8 Å². The van der Waals surface area contributed by atoms with Crippen molar-refractivity contribution in [1.82, 2.24) is 24.4 Å². The summed E-state index contributed by atoms with van der Waals surface area (Å²) >= 11 is 0. The van der Waals surface area contributed by atoms with Gasteiger partial charge in [-0.1, -0.05) is 13.0 Å². The highest BCUT2D eigenvalue weighted by atomic mass is 19.1. The van der Waals surface area contributed by atoms with Gasteiger partial charge >= 0.3 is 0 Å². The molecule has 37 heavy (non-hydrogen) atoms. The number of nitrogens with zero attached hydrogens (tertiary/aromatic N) is 5. The van der Waals surface area contributed by atoms with Crippen molar-refractivity contribution in [3.8, 4) is 17.0 Å². The minimum absolute atomic E-state index is 0.107. The molecule has 192 valence electrons. The monoisotopic (exact) mass is 504 g/mol. The van der Waals surface area contributed by atoms with Crippen molar-refractivity contribution >= 4 is 17.2 Å². The van der Waals surface area contributed by atoms with E-state index in [4.69, 9.17) is 9.47 Å². The molecule has 2 aliphatic rings. The molecule has 4 atom stereocenters. The summed E-state index contributed by atoms with van der Waals surface area (Å²) in [5.41, 5.74) is 3.56. The molecule has 0 unspecified atom stereocenters. The number of hydrogen-bond acceptors (Lipinski definition) is 6. The Morgan fingerprint density at radius 2 is 2.16 bits per heavy atom. The average Bonchev–Trinajstić information content (AvgIpc) is 3.45. The van der Waals surface area contributed by atoms with Crippen LogP contribution in [-0.2, 0) is 16.6 Å². The predicted octanol–water partition coefficient (Wildman–Crippen LogP) is 4.12. The van der Waals surface area contributed by atoms with Gasteiger partial charge in [-0.05, 0) is 37.5 Å². The van der Waals surface area contributed by atoms with Crippen molar-refractivity contribution in [1.29, 1.82) is 0 Å². The van der Waals surface area contributed by atoms with Crippen molar-refractivity contribution in [2.45, 2.75) is 38.7 Å². The van der Waals surface area contributed by atoms with Crippen LogP contribution < -0.4 is 10.1 Å². The highest BCUT2D eigenvalue weighted by molar-refractivity contribution is 5.95. The predicted molar refractivity (Wildman–Crippen MR) is 135 cm³/mol. The van der Waals surface area contributed by atoms with Crippen molar-refractivity contribution in [2.75, 3.05) is 18.5 Å². The number of fused-ring (bicyclic) bond motifs is 1. The number of nitrogens with one attached hydrogen (secondary N) is 1. The number of pyridine rings is 2. The van der Waals surface area contributed by atoms with E-state index in [9.17, 15) is 4.79 Å². The summed E-state index contributed by atoms with van der Waals surface area (Å²) in [6.45, 7) is 5.23. The van der Waals surface area contributed by atoms with Gasteiger partial charge in [0.05, 0.1) is 37.2 Å². The number of amides is 1. The van der Waals surface area contributed by atoms with Crippen LogP contribution in [0.25, 0.3) is 16.8 Å². The van der Waals surface area contributed by atoms with Crippen LogP contribution in [0.3, 0.4) is 0 Å². The van der Waals surface area contributed by atoms with Crippen molar-refractivity contribution < 1.29 is 18.7 Å².